The molecule has 2 N–H and O–H groups in total. The van der Waals surface area contributed by atoms with Gasteiger partial charge in [-0.15, -0.1) is 0 Å². The molecule has 0 unspecified atom stereocenters. The summed E-state index contributed by atoms with van der Waals surface area (Å²) in [6.07, 6.45) is 4.10. The van der Waals surface area contributed by atoms with E-state index in [2.05, 4.69) is 27.1 Å². The number of aromatic nitrogens is 1. The number of guanidine groups is 1. The van der Waals surface area contributed by atoms with Gasteiger partial charge in [0.15, 0.2) is 5.96 Å². The van der Waals surface area contributed by atoms with Gasteiger partial charge in [0.05, 0.1) is 6.54 Å². The zero-order valence-electron chi connectivity index (χ0n) is 16.6. The third-order valence-corrected chi connectivity index (χ3v) is 4.34. The second kappa shape index (κ2) is 11.1. The van der Waals surface area contributed by atoms with Crippen molar-refractivity contribution in [3.8, 4) is 0 Å². The van der Waals surface area contributed by atoms with Crippen molar-refractivity contribution in [3.05, 3.63) is 59.9 Å². The minimum atomic E-state index is 0.0788. The molecule has 0 atom stereocenters. The van der Waals surface area contributed by atoms with Crippen molar-refractivity contribution in [3.63, 3.8) is 0 Å². The number of carbonyl (C=O) groups is 1. The molecule has 1 aromatic carbocycles. The van der Waals surface area contributed by atoms with Gasteiger partial charge >= 0.3 is 0 Å². The van der Waals surface area contributed by atoms with E-state index < -0.39 is 0 Å². The molecule has 2 aromatic rings. The summed E-state index contributed by atoms with van der Waals surface area (Å²) in [6, 6.07) is 11.8. The highest BCUT2D eigenvalue weighted by Gasteiger charge is 2.11. The SMILES string of the molecule is CCNC(=NCc1ccc(C(=O)N(CC)CC)cc1)NCCn1cccc1. The fourth-order valence-corrected chi connectivity index (χ4v) is 2.78. The standard InChI is InChI=1S/C21H31N5O/c1-4-22-21(23-13-16-25-14-7-8-15-25)24-17-18-9-11-19(12-10-18)20(27)26(5-2)6-3/h7-12,14-15H,4-6,13,16-17H2,1-3H3,(H2,22,23,24). The molecule has 0 fully saturated rings. The van der Waals surface area contributed by atoms with Crippen LogP contribution in [0.15, 0.2) is 53.8 Å². The van der Waals surface area contributed by atoms with Gasteiger partial charge in [-0.2, -0.15) is 0 Å². The van der Waals surface area contributed by atoms with E-state index in [0.717, 1.165) is 49.8 Å². The zero-order chi connectivity index (χ0) is 19.5. The molecular formula is C21H31N5O. The molecule has 0 aliphatic carbocycles. The van der Waals surface area contributed by atoms with Gasteiger partial charge in [-0.1, -0.05) is 12.1 Å². The summed E-state index contributed by atoms with van der Waals surface area (Å²) in [7, 11) is 0. The lowest BCUT2D eigenvalue weighted by Gasteiger charge is -2.18. The van der Waals surface area contributed by atoms with Crippen molar-refractivity contribution in [2.24, 2.45) is 4.99 Å². The highest BCUT2D eigenvalue weighted by Crippen LogP contribution is 2.09. The average molecular weight is 370 g/mol. The van der Waals surface area contributed by atoms with Gasteiger partial charge in [0, 0.05) is 50.7 Å². The van der Waals surface area contributed by atoms with E-state index in [-0.39, 0.29) is 5.91 Å². The van der Waals surface area contributed by atoms with Gasteiger partial charge in [0.25, 0.3) is 5.91 Å². The zero-order valence-corrected chi connectivity index (χ0v) is 16.6. The maximum atomic E-state index is 12.4. The predicted octanol–water partition coefficient (Wildman–Crippen LogP) is 2.73. The topological polar surface area (TPSA) is 61.7 Å². The highest BCUT2D eigenvalue weighted by molar-refractivity contribution is 5.94. The van der Waals surface area contributed by atoms with Crippen LogP contribution in [-0.4, -0.2) is 47.5 Å². The Morgan fingerprint density at radius 1 is 1.04 bits per heavy atom. The number of nitrogens with zero attached hydrogens (tertiary/aromatic N) is 3. The fraction of sp³-hybridized carbons (Fsp3) is 0.429. The lowest BCUT2D eigenvalue weighted by atomic mass is 10.1. The van der Waals surface area contributed by atoms with Crippen molar-refractivity contribution in [2.75, 3.05) is 26.2 Å². The molecule has 27 heavy (non-hydrogen) atoms. The normalized spacial score (nSPS) is 11.3. The van der Waals surface area contributed by atoms with Crippen molar-refractivity contribution in [1.82, 2.24) is 20.1 Å². The molecule has 0 aliphatic rings. The first-order chi connectivity index (χ1) is 13.2. The van der Waals surface area contributed by atoms with Crippen LogP contribution in [0.25, 0.3) is 0 Å². The molecule has 1 aromatic heterocycles. The van der Waals surface area contributed by atoms with E-state index in [1.54, 1.807) is 0 Å². The summed E-state index contributed by atoms with van der Waals surface area (Å²) in [5, 5.41) is 6.61. The summed E-state index contributed by atoms with van der Waals surface area (Å²) >= 11 is 0. The van der Waals surface area contributed by atoms with Crippen LogP contribution in [0.1, 0.15) is 36.7 Å². The molecule has 0 bridgehead atoms. The Bertz CT molecular complexity index is 703. The molecule has 0 saturated heterocycles. The van der Waals surface area contributed by atoms with Gasteiger partial charge < -0.3 is 20.1 Å². The number of aliphatic imine (C=N–C) groups is 1. The second-order valence-corrected chi connectivity index (χ2v) is 6.22. The molecule has 2 rings (SSSR count). The Hall–Kier alpha value is -2.76. The second-order valence-electron chi connectivity index (χ2n) is 6.22. The van der Waals surface area contributed by atoms with E-state index in [9.17, 15) is 4.79 Å². The van der Waals surface area contributed by atoms with Crippen molar-refractivity contribution in [1.29, 1.82) is 0 Å². The Labute approximate surface area is 162 Å². The van der Waals surface area contributed by atoms with E-state index >= 15 is 0 Å². The number of hydrogen-bond acceptors (Lipinski definition) is 2. The first-order valence-electron chi connectivity index (χ1n) is 9.69. The van der Waals surface area contributed by atoms with Crippen LogP contribution < -0.4 is 10.6 Å². The maximum absolute atomic E-state index is 12.4. The molecule has 1 amide bonds. The van der Waals surface area contributed by atoms with Crippen molar-refractivity contribution >= 4 is 11.9 Å². The van der Waals surface area contributed by atoms with E-state index in [1.807, 2.05) is 67.5 Å². The summed E-state index contributed by atoms with van der Waals surface area (Å²) < 4.78 is 2.13. The summed E-state index contributed by atoms with van der Waals surface area (Å²) in [5.74, 6) is 0.878. The smallest absolute Gasteiger partial charge is 0.253 e. The number of benzene rings is 1. The van der Waals surface area contributed by atoms with Crippen LogP contribution in [0.5, 0.6) is 0 Å². The Morgan fingerprint density at radius 2 is 1.70 bits per heavy atom. The van der Waals surface area contributed by atoms with Crippen molar-refractivity contribution in [2.45, 2.75) is 33.9 Å². The van der Waals surface area contributed by atoms with Crippen LogP contribution in [0, 0.1) is 0 Å². The molecule has 0 spiro atoms. The molecule has 0 radical (unpaired) electrons. The van der Waals surface area contributed by atoms with E-state index in [4.69, 9.17) is 0 Å². The number of carbonyl (C=O) groups excluding carboxylic acids is 1. The first kappa shape index (κ1) is 20.6. The van der Waals surface area contributed by atoms with Gasteiger partial charge in [-0.25, -0.2) is 4.99 Å². The van der Waals surface area contributed by atoms with Gasteiger partial charge in [-0.3, -0.25) is 4.79 Å². The summed E-state index contributed by atoms with van der Waals surface area (Å²) in [6.45, 7) is 10.6. The Morgan fingerprint density at radius 3 is 2.30 bits per heavy atom. The van der Waals surface area contributed by atoms with Crippen LogP contribution in [0.4, 0.5) is 0 Å². The number of hydrogen-bond donors (Lipinski definition) is 2. The molecular weight excluding hydrogens is 338 g/mol. The minimum absolute atomic E-state index is 0.0788. The monoisotopic (exact) mass is 369 g/mol. The van der Waals surface area contributed by atoms with Crippen LogP contribution in [0.3, 0.4) is 0 Å². The van der Waals surface area contributed by atoms with Crippen LogP contribution >= 0.6 is 0 Å². The summed E-state index contributed by atoms with van der Waals surface area (Å²) in [5.41, 5.74) is 1.80. The van der Waals surface area contributed by atoms with E-state index in [1.165, 1.54) is 0 Å². The Kier molecular flexibility index (Phi) is 8.42. The summed E-state index contributed by atoms with van der Waals surface area (Å²) in [4.78, 5) is 18.8. The third kappa shape index (κ3) is 6.47. The third-order valence-electron chi connectivity index (χ3n) is 4.34. The molecule has 0 aliphatic heterocycles. The fourth-order valence-electron chi connectivity index (χ4n) is 2.78. The minimum Gasteiger partial charge on any atom is -0.357 e. The average Bonchev–Trinajstić information content (AvgIpc) is 3.21. The molecule has 146 valence electrons. The number of rotatable bonds is 9. The molecule has 1 heterocycles. The number of amides is 1. The lowest BCUT2D eigenvalue weighted by molar-refractivity contribution is 0.0773. The van der Waals surface area contributed by atoms with Crippen LogP contribution in [-0.2, 0) is 13.1 Å². The quantitative estimate of drug-likeness (QED) is 0.528. The Balaban J connectivity index is 1.91. The lowest BCUT2D eigenvalue weighted by Crippen LogP contribution is -2.38. The first-order valence-corrected chi connectivity index (χ1v) is 9.69. The number of nitrogens with one attached hydrogen (secondary N) is 2. The molecule has 0 saturated carbocycles. The predicted molar refractivity (Wildman–Crippen MR) is 111 cm³/mol. The van der Waals surface area contributed by atoms with Crippen LogP contribution in [0.2, 0.25) is 0 Å². The van der Waals surface area contributed by atoms with Gasteiger partial charge in [0.2, 0.25) is 0 Å². The maximum Gasteiger partial charge on any atom is 0.253 e. The van der Waals surface area contributed by atoms with Gasteiger partial charge in [0.1, 0.15) is 0 Å². The largest absolute Gasteiger partial charge is 0.357 e. The highest BCUT2D eigenvalue weighted by atomic mass is 16.2. The van der Waals surface area contributed by atoms with Gasteiger partial charge in [-0.05, 0) is 50.6 Å². The van der Waals surface area contributed by atoms with Crippen molar-refractivity contribution < 1.29 is 4.79 Å². The molecule has 6 nitrogen and oxygen atoms in total. The molecule has 6 heteroatoms. The van der Waals surface area contributed by atoms with E-state index in [0.29, 0.717) is 6.54 Å².